The SMILES string of the molecule is CCC(=O)N1CCC(NC(=NC)NCC2(c3ccc(Cl)cc3Cl)CCOCC2)C1. The quantitative estimate of drug-likeness (QED) is 0.544. The van der Waals surface area contributed by atoms with Crippen molar-refractivity contribution >= 4 is 35.1 Å². The van der Waals surface area contributed by atoms with Gasteiger partial charge >= 0.3 is 0 Å². The Balaban J connectivity index is 1.66. The summed E-state index contributed by atoms with van der Waals surface area (Å²) in [6, 6.07) is 5.94. The number of likely N-dealkylation sites (tertiary alicyclic amines) is 1. The highest BCUT2D eigenvalue weighted by Gasteiger charge is 2.36. The number of carbonyl (C=O) groups is 1. The zero-order valence-electron chi connectivity index (χ0n) is 17.1. The first-order valence-corrected chi connectivity index (χ1v) is 11.0. The van der Waals surface area contributed by atoms with E-state index in [0.717, 1.165) is 43.9 Å². The van der Waals surface area contributed by atoms with E-state index in [0.29, 0.717) is 36.2 Å². The van der Waals surface area contributed by atoms with Gasteiger partial charge in [0, 0.05) is 67.8 Å². The van der Waals surface area contributed by atoms with E-state index in [2.05, 4.69) is 15.6 Å². The molecule has 2 N–H and O–H groups in total. The number of ether oxygens (including phenoxy) is 1. The van der Waals surface area contributed by atoms with Crippen molar-refractivity contribution in [2.45, 2.75) is 44.1 Å². The van der Waals surface area contributed by atoms with Gasteiger partial charge in [0.15, 0.2) is 5.96 Å². The molecule has 29 heavy (non-hydrogen) atoms. The Bertz CT molecular complexity index is 750. The van der Waals surface area contributed by atoms with Gasteiger partial charge in [-0.25, -0.2) is 0 Å². The van der Waals surface area contributed by atoms with E-state index in [4.69, 9.17) is 27.9 Å². The van der Waals surface area contributed by atoms with E-state index in [1.54, 1.807) is 13.1 Å². The van der Waals surface area contributed by atoms with Crippen molar-refractivity contribution in [2.24, 2.45) is 4.99 Å². The number of nitrogens with one attached hydrogen (secondary N) is 2. The molecule has 1 unspecified atom stereocenters. The van der Waals surface area contributed by atoms with E-state index >= 15 is 0 Å². The van der Waals surface area contributed by atoms with Crippen LogP contribution in [0.5, 0.6) is 0 Å². The molecule has 2 fully saturated rings. The minimum absolute atomic E-state index is 0.141. The van der Waals surface area contributed by atoms with Crippen LogP contribution in [0.15, 0.2) is 23.2 Å². The average molecular weight is 441 g/mol. The molecule has 0 aromatic heterocycles. The predicted octanol–water partition coefficient (Wildman–Crippen LogP) is 3.22. The first-order valence-electron chi connectivity index (χ1n) is 10.3. The summed E-state index contributed by atoms with van der Waals surface area (Å²) < 4.78 is 5.62. The molecule has 2 heterocycles. The molecule has 0 saturated carbocycles. The van der Waals surface area contributed by atoms with Gasteiger partial charge in [-0.3, -0.25) is 9.79 Å². The smallest absolute Gasteiger partial charge is 0.222 e. The number of halogens is 2. The number of aliphatic imine (C=N–C) groups is 1. The van der Waals surface area contributed by atoms with Gasteiger partial charge in [-0.05, 0) is 37.0 Å². The third-order valence-corrected chi connectivity index (χ3v) is 6.50. The normalized spacial score (nSPS) is 21.9. The highest BCUT2D eigenvalue weighted by molar-refractivity contribution is 6.35. The van der Waals surface area contributed by atoms with Crippen molar-refractivity contribution in [3.8, 4) is 0 Å². The summed E-state index contributed by atoms with van der Waals surface area (Å²) in [4.78, 5) is 18.2. The van der Waals surface area contributed by atoms with Gasteiger partial charge in [-0.2, -0.15) is 0 Å². The molecular weight excluding hydrogens is 411 g/mol. The largest absolute Gasteiger partial charge is 0.381 e. The third-order valence-electron chi connectivity index (χ3n) is 5.95. The molecule has 3 rings (SSSR count). The number of amides is 1. The summed E-state index contributed by atoms with van der Waals surface area (Å²) in [5.41, 5.74) is 0.952. The number of benzene rings is 1. The fourth-order valence-electron chi connectivity index (χ4n) is 4.19. The van der Waals surface area contributed by atoms with Gasteiger partial charge in [-0.15, -0.1) is 0 Å². The van der Waals surface area contributed by atoms with Crippen LogP contribution in [0.4, 0.5) is 0 Å². The van der Waals surface area contributed by atoms with E-state index in [-0.39, 0.29) is 17.4 Å². The van der Waals surface area contributed by atoms with E-state index in [9.17, 15) is 4.79 Å². The van der Waals surface area contributed by atoms with Crippen LogP contribution in [0.1, 0.15) is 38.2 Å². The molecule has 2 aliphatic rings. The molecule has 1 atom stereocenters. The van der Waals surface area contributed by atoms with Crippen LogP contribution in [-0.4, -0.2) is 62.7 Å². The molecule has 0 bridgehead atoms. The second-order valence-electron chi connectivity index (χ2n) is 7.77. The van der Waals surface area contributed by atoms with Crippen molar-refractivity contribution in [3.05, 3.63) is 33.8 Å². The fraction of sp³-hybridized carbons (Fsp3) is 0.619. The molecule has 8 heteroatoms. The summed E-state index contributed by atoms with van der Waals surface area (Å²) in [7, 11) is 1.77. The van der Waals surface area contributed by atoms with Gasteiger partial charge in [0.1, 0.15) is 0 Å². The zero-order valence-corrected chi connectivity index (χ0v) is 18.7. The van der Waals surface area contributed by atoms with Crippen molar-refractivity contribution in [2.75, 3.05) is 39.9 Å². The molecule has 2 aliphatic heterocycles. The number of rotatable bonds is 5. The van der Waals surface area contributed by atoms with Crippen LogP contribution >= 0.6 is 23.2 Å². The Labute approximate surface area is 183 Å². The maximum Gasteiger partial charge on any atom is 0.222 e. The minimum Gasteiger partial charge on any atom is -0.381 e. The third kappa shape index (κ3) is 5.36. The number of hydrogen-bond acceptors (Lipinski definition) is 3. The van der Waals surface area contributed by atoms with Gasteiger partial charge in [-0.1, -0.05) is 36.2 Å². The minimum atomic E-state index is -0.141. The van der Waals surface area contributed by atoms with Crippen LogP contribution in [0, 0.1) is 0 Å². The van der Waals surface area contributed by atoms with Crippen LogP contribution in [0.2, 0.25) is 10.0 Å². The number of carbonyl (C=O) groups excluding carboxylic acids is 1. The van der Waals surface area contributed by atoms with Crippen molar-refractivity contribution in [3.63, 3.8) is 0 Å². The Morgan fingerprint density at radius 1 is 1.34 bits per heavy atom. The monoisotopic (exact) mass is 440 g/mol. The van der Waals surface area contributed by atoms with E-state index in [1.807, 2.05) is 24.0 Å². The molecular formula is C21H30Cl2N4O2. The maximum atomic E-state index is 11.9. The second kappa shape index (κ2) is 10.0. The topological polar surface area (TPSA) is 66.0 Å². The standard InChI is InChI=1S/C21H30Cl2N4O2/c1-3-19(28)27-9-6-16(13-27)26-20(24-2)25-14-21(7-10-29-11-8-21)17-5-4-15(22)12-18(17)23/h4-5,12,16H,3,6-11,13-14H2,1-2H3,(H2,24,25,26). The first kappa shape index (κ1) is 22.2. The number of hydrogen-bond donors (Lipinski definition) is 2. The lowest BCUT2D eigenvalue weighted by Gasteiger charge is -2.39. The molecule has 0 spiro atoms. The van der Waals surface area contributed by atoms with Crippen LogP contribution in [0.3, 0.4) is 0 Å². The predicted molar refractivity (Wildman–Crippen MR) is 118 cm³/mol. The molecule has 6 nitrogen and oxygen atoms in total. The van der Waals surface area contributed by atoms with E-state index in [1.165, 1.54) is 0 Å². The Kier molecular flexibility index (Phi) is 7.66. The van der Waals surface area contributed by atoms with Crippen LogP contribution in [-0.2, 0) is 14.9 Å². The second-order valence-corrected chi connectivity index (χ2v) is 8.61. The summed E-state index contributed by atoms with van der Waals surface area (Å²) in [6.45, 7) is 5.51. The summed E-state index contributed by atoms with van der Waals surface area (Å²) >= 11 is 12.7. The van der Waals surface area contributed by atoms with E-state index < -0.39 is 0 Å². The highest BCUT2D eigenvalue weighted by Crippen LogP contribution is 2.39. The number of nitrogens with zero attached hydrogens (tertiary/aromatic N) is 2. The molecule has 1 amide bonds. The average Bonchev–Trinajstić information content (AvgIpc) is 3.19. The van der Waals surface area contributed by atoms with Gasteiger partial charge < -0.3 is 20.3 Å². The molecule has 0 radical (unpaired) electrons. The molecule has 1 aromatic rings. The van der Waals surface area contributed by atoms with Crippen molar-refractivity contribution in [1.29, 1.82) is 0 Å². The molecule has 2 saturated heterocycles. The Morgan fingerprint density at radius 2 is 2.10 bits per heavy atom. The Hall–Kier alpha value is -1.50. The number of guanidine groups is 1. The lowest BCUT2D eigenvalue weighted by Crippen LogP contribution is -2.50. The maximum absolute atomic E-state index is 11.9. The highest BCUT2D eigenvalue weighted by atomic mass is 35.5. The van der Waals surface area contributed by atoms with Crippen LogP contribution in [0.25, 0.3) is 0 Å². The van der Waals surface area contributed by atoms with Crippen molar-refractivity contribution < 1.29 is 9.53 Å². The molecule has 160 valence electrons. The summed E-state index contributed by atoms with van der Waals surface area (Å²) in [5.74, 6) is 0.951. The Morgan fingerprint density at radius 3 is 2.76 bits per heavy atom. The zero-order chi connectivity index (χ0) is 20.9. The van der Waals surface area contributed by atoms with Crippen LogP contribution < -0.4 is 10.6 Å². The molecule has 0 aliphatic carbocycles. The lowest BCUT2D eigenvalue weighted by molar-refractivity contribution is -0.129. The van der Waals surface area contributed by atoms with Gasteiger partial charge in [0.2, 0.25) is 5.91 Å². The van der Waals surface area contributed by atoms with Gasteiger partial charge in [0.05, 0.1) is 0 Å². The summed E-state index contributed by atoms with van der Waals surface area (Å²) in [5, 5.41) is 8.29. The van der Waals surface area contributed by atoms with Gasteiger partial charge in [0.25, 0.3) is 0 Å². The van der Waals surface area contributed by atoms with Crippen molar-refractivity contribution in [1.82, 2.24) is 15.5 Å². The lowest BCUT2D eigenvalue weighted by atomic mass is 9.74. The first-order chi connectivity index (χ1) is 14.0. The molecule has 1 aromatic carbocycles. The summed E-state index contributed by atoms with van der Waals surface area (Å²) in [6.07, 6.45) is 3.22. The fourth-order valence-corrected chi connectivity index (χ4v) is 4.80.